The van der Waals surface area contributed by atoms with Crippen LogP contribution in [0.2, 0.25) is 5.02 Å². The summed E-state index contributed by atoms with van der Waals surface area (Å²) in [5, 5.41) is 7.57. The van der Waals surface area contributed by atoms with Crippen LogP contribution in [0.1, 0.15) is 15.9 Å². The highest BCUT2D eigenvalue weighted by molar-refractivity contribution is 6.30. The van der Waals surface area contributed by atoms with Gasteiger partial charge in [0.25, 0.3) is 5.91 Å². The van der Waals surface area contributed by atoms with E-state index in [0.717, 1.165) is 11.6 Å². The van der Waals surface area contributed by atoms with Gasteiger partial charge in [0.15, 0.2) is 6.61 Å². The lowest BCUT2D eigenvalue weighted by molar-refractivity contribution is -0.119. The number of anilines is 1. The Morgan fingerprint density at radius 1 is 1.18 bits per heavy atom. The number of ether oxygens (including phenoxy) is 1. The summed E-state index contributed by atoms with van der Waals surface area (Å²) in [5.74, 6) is -1.39. The zero-order valence-electron chi connectivity index (χ0n) is 15.2. The van der Waals surface area contributed by atoms with E-state index in [1.165, 1.54) is 16.8 Å². The lowest BCUT2D eigenvalue weighted by atomic mass is 10.1. The summed E-state index contributed by atoms with van der Waals surface area (Å²) in [6.07, 6.45) is 0. The van der Waals surface area contributed by atoms with Gasteiger partial charge in [-0.2, -0.15) is 5.10 Å². The Kier molecular flexibility index (Phi) is 5.75. The average molecular weight is 402 g/mol. The summed E-state index contributed by atoms with van der Waals surface area (Å²) >= 11 is 5.88. The van der Waals surface area contributed by atoms with Gasteiger partial charge in [-0.15, -0.1) is 0 Å². The predicted molar refractivity (Wildman–Crippen MR) is 104 cm³/mol. The van der Waals surface area contributed by atoms with Crippen molar-refractivity contribution in [3.8, 4) is 11.3 Å². The Hall–Kier alpha value is -3.19. The first-order valence-corrected chi connectivity index (χ1v) is 8.74. The number of aromatic nitrogens is 2. The van der Waals surface area contributed by atoms with Crippen molar-refractivity contribution in [3.63, 3.8) is 0 Å². The number of halogens is 2. The number of hydrogen-bond donors (Lipinski definition) is 1. The van der Waals surface area contributed by atoms with Crippen molar-refractivity contribution in [2.45, 2.75) is 6.92 Å². The normalized spacial score (nSPS) is 10.6. The lowest BCUT2D eigenvalue weighted by Crippen LogP contribution is -2.22. The van der Waals surface area contributed by atoms with E-state index in [2.05, 4.69) is 10.4 Å². The van der Waals surface area contributed by atoms with Crippen molar-refractivity contribution in [1.82, 2.24) is 9.78 Å². The van der Waals surface area contributed by atoms with Crippen LogP contribution in [0.15, 0.2) is 48.5 Å². The largest absolute Gasteiger partial charge is 0.452 e. The molecule has 0 fully saturated rings. The number of nitrogens with zero attached hydrogens (tertiary/aromatic N) is 2. The Bertz CT molecular complexity index is 1030. The molecule has 2 aromatic carbocycles. The van der Waals surface area contributed by atoms with Crippen LogP contribution in [0.4, 0.5) is 10.2 Å². The molecule has 0 unspecified atom stereocenters. The molecular formula is C20H17ClFN3O3. The molecule has 0 radical (unpaired) electrons. The molecule has 0 atom stereocenters. The van der Waals surface area contributed by atoms with Gasteiger partial charge in [-0.3, -0.25) is 9.48 Å². The van der Waals surface area contributed by atoms with Crippen molar-refractivity contribution in [2.24, 2.45) is 7.05 Å². The number of rotatable bonds is 5. The Morgan fingerprint density at radius 3 is 2.57 bits per heavy atom. The second kappa shape index (κ2) is 8.22. The number of carbonyl (C=O) groups excluding carboxylic acids is 2. The van der Waals surface area contributed by atoms with Crippen LogP contribution >= 0.6 is 11.6 Å². The first-order valence-electron chi connectivity index (χ1n) is 8.36. The van der Waals surface area contributed by atoms with E-state index < -0.39 is 24.3 Å². The molecule has 0 saturated heterocycles. The fraction of sp³-hybridized carbons (Fsp3) is 0.150. The third-order valence-electron chi connectivity index (χ3n) is 4.03. The van der Waals surface area contributed by atoms with E-state index in [0.29, 0.717) is 22.1 Å². The molecule has 0 spiro atoms. The van der Waals surface area contributed by atoms with E-state index in [9.17, 15) is 14.0 Å². The maximum atomic E-state index is 13.5. The van der Waals surface area contributed by atoms with Crippen LogP contribution < -0.4 is 5.32 Å². The third-order valence-corrected chi connectivity index (χ3v) is 4.28. The van der Waals surface area contributed by atoms with E-state index in [4.69, 9.17) is 16.3 Å². The number of esters is 1. The fourth-order valence-electron chi connectivity index (χ4n) is 2.46. The highest BCUT2D eigenvalue weighted by atomic mass is 35.5. The van der Waals surface area contributed by atoms with Gasteiger partial charge in [0.1, 0.15) is 11.6 Å². The van der Waals surface area contributed by atoms with E-state index >= 15 is 0 Å². The molecule has 8 heteroatoms. The Labute approximate surface area is 165 Å². The second-order valence-corrected chi connectivity index (χ2v) is 6.57. The molecule has 3 aromatic rings. The van der Waals surface area contributed by atoms with E-state index in [1.54, 1.807) is 32.2 Å². The maximum Gasteiger partial charge on any atom is 0.338 e. The number of benzene rings is 2. The molecule has 1 aromatic heterocycles. The van der Waals surface area contributed by atoms with E-state index in [-0.39, 0.29) is 5.56 Å². The SMILES string of the molecule is Cc1ccc(C(=O)OCC(=O)Nc2cc(-c3ccc(Cl)cc3)nn2C)cc1F. The molecule has 1 amide bonds. The molecule has 3 rings (SSSR count). The molecule has 144 valence electrons. The molecule has 28 heavy (non-hydrogen) atoms. The first-order chi connectivity index (χ1) is 13.3. The minimum Gasteiger partial charge on any atom is -0.452 e. The highest BCUT2D eigenvalue weighted by Gasteiger charge is 2.14. The highest BCUT2D eigenvalue weighted by Crippen LogP contribution is 2.23. The van der Waals surface area contributed by atoms with Crippen LogP contribution in [-0.4, -0.2) is 28.3 Å². The molecule has 0 aliphatic rings. The zero-order chi connectivity index (χ0) is 20.3. The van der Waals surface area contributed by atoms with Crippen molar-refractivity contribution < 1.29 is 18.7 Å². The number of nitrogens with one attached hydrogen (secondary N) is 1. The summed E-state index contributed by atoms with van der Waals surface area (Å²) < 4.78 is 20.0. The molecule has 0 bridgehead atoms. The molecule has 1 heterocycles. The van der Waals surface area contributed by atoms with Gasteiger partial charge in [-0.05, 0) is 36.8 Å². The quantitative estimate of drug-likeness (QED) is 0.656. The van der Waals surface area contributed by atoms with Gasteiger partial charge in [0, 0.05) is 23.7 Å². The molecule has 0 aliphatic carbocycles. The molecular weight excluding hydrogens is 385 g/mol. The summed E-state index contributed by atoms with van der Waals surface area (Å²) in [6, 6.07) is 12.8. The average Bonchev–Trinajstić information content (AvgIpc) is 3.03. The standard InChI is InChI=1S/C20H17ClFN3O3/c1-12-3-4-14(9-16(12)22)20(27)28-11-19(26)23-18-10-17(24-25(18)2)13-5-7-15(21)8-6-13/h3-10H,11H2,1-2H3,(H,23,26). The topological polar surface area (TPSA) is 73.2 Å². The summed E-state index contributed by atoms with van der Waals surface area (Å²) in [5.41, 5.74) is 1.96. The van der Waals surface area contributed by atoms with Crippen LogP contribution in [-0.2, 0) is 16.6 Å². The monoisotopic (exact) mass is 401 g/mol. The van der Waals surface area contributed by atoms with Gasteiger partial charge in [0.05, 0.1) is 11.3 Å². The second-order valence-electron chi connectivity index (χ2n) is 6.13. The third kappa shape index (κ3) is 4.55. The maximum absolute atomic E-state index is 13.5. The van der Waals surface area contributed by atoms with Gasteiger partial charge >= 0.3 is 5.97 Å². The Morgan fingerprint density at radius 2 is 1.89 bits per heavy atom. The molecule has 0 aliphatic heterocycles. The minimum absolute atomic E-state index is 0.0430. The summed E-state index contributed by atoms with van der Waals surface area (Å²) in [6.45, 7) is 1.08. The van der Waals surface area contributed by atoms with Gasteiger partial charge < -0.3 is 10.1 Å². The first kappa shape index (κ1) is 19.6. The number of carbonyl (C=O) groups is 2. The number of hydrogen-bond acceptors (Lipinski definition) is 4. The summed E-state index contributed by atoms with van der Waals surface area (Å²) in [7, 11) is 1.68. The van der Waals surface area contributed by atoms with Crippen LogP contribution in [0.25, 0.3) is 11.3 Å². The van der Waals surface area contributed by atoms with Crippen molar-refractivity contribution in [3.05, 3.63) is 70.5 Å². The van der Waals surface area contributed by atoms with Gasteiger partial charge in [-0.1, -0.05) is 29.8 Å². The summed E-state index contributed by atoms with van der Waals surface area (Å²) in [4.78, 5) is 24.0. The fourth-order valence-corrected chi connectivity index (χ4v) is 2.59. The molecule has 1 N–H and O–H groups in total. The lowest BCUT2D eigenvalue weighted by Gasteiger charge is -2.07. The van der Waals surface area contributed by atoms with Crippen molar-refractivity contribution >= 4 is 29.3 Å². The van der Waals surface area contributed by atoms with Crippen molar-refractivity contribution in [2.75, 3.05) is 11.9 Å². The zero-order valence-corrected chi connectivity index (χ0v) is 16.0. The van der Waals surface area contributed by atoms with Gasteiger partial charge in [-0.25, -0.2) is 9.18 Å². The smallest absolute Gasteiger partial charge is 0.338 e. The van der Waals surface area contributed by atoms with E-state index in [1.807, 2.05) is 12.1 Å². The van der Waals surface area contributed by atoms with Gasteiger partial charge in [0.2, 0.25) is 0 Å². The number of aryl methyl sites for hydroxylation is 2. The van der Waals surface area contributed by atoms with Crippen LogP contribution in [0, 0.1) is 12.7 Å². The van der Waals surface area contributed by atoms with Crippen LogP contribution in [0.5, 0.6) is 0 Å². The Balaban J connectivity index is 1.61. The molecule has 6 nitrogen and oxygen atoms in total. The predicted octanol–water partition coefficient (Wildman–Crippen LogP) is 3.98. The molecule has 0 saturated carbocycles. The number of amides is 1. The minimum atomic E-state index is -0.777. The van der Waals surface area contributed by atoms with Crippen LogP contribution in [0.3, 0.4) is 0 Å². The van der Waals surface area contributed by atoms with Crippen molar-refractivity contribution in [1.29, 1.82) is 0 Å².